The van der Waals surface area contributed by atoms with Gasteiger partial charge in [-0.25, -0.2) is 0 Å². The standard InChI is InChI=1S/C11H25NO/c1-5-11(13)8-7-9-12(6-2)10(3)4/h10-11,13H,5-9H2,1-4H3. The molecule has 0 aliphatic carbocycles. The van der Waals surface area contributed by atoms with Crippen LogP contribution in [0.1, 0.15) is 47.0 Å². The number of hydrogen-bond donors (Lipinski definition) is 1. The van der Waals surface area contributed by atoms with Crippen LogP contribution in [-0.4, -0.2) is 35.2 Å². The Kier molecular flexibility index (Phi) is 7.29. The van der Waals surface area contributed by atoms with E-state index in [1.807, 2.05) is 6.92 Å². The highest BCUT2D eigenvalue weighted by Gasteiger charge is 2.07. The van der Waals surface area contributed by atoms with Crippen molar-refractivity contribution >= 4 is 0 Å². The molecule has 0 amide bonds. The molecule has 0 saturated heterocycles. The number of aliphatic hydroxyl groups is 1. The number of aliphatic hydroxyl groups excluding tert-OH is 1. The molecule has 0 spiro atoms. The van der Waals surface area contributed by atoms with Gasteiger partial charge in [0.25, 0.3) is 0 Å². The van der Waals surface area contributed by atoms with E-state index in [4.69, 9.17) is 0 Å². The van der Waals surface area contributed by atoms with E-state index >= 15 is 0 Å². The normalized spacial score (nSPS) is 14.1. The molecule has 2 nitrogen and oxygen atoms in total. The summed E-state index contributed by atoms with van der Waals surface area (Å²) in [5.41, 5.74) is 0. The zero-order valence-electron chi connectivity index (χ0n) is 9.58. The second-order valence-electron chi connectivity index (χ2n) is 3.93. The quantitative estimate of drug-likeness (QED) is 0.661. The van der Waals surface area contributed by atoms with Gasteiger partial charge in [0.2, 0.25) is 0 Å². The monoisotopic (exact) mass is 187 g/mol. The van der Waals surface area contributed by atoms with Crippen LogP contribution in [0.2, 0.25) is 0 Å². The third-order valence-corrected chi connectivity index (χ3v) is 2.59. The molecule has 0 aromatic carbocycles. The molecule has 0 saturated carbocycles. The minimum atomic E-state index is -0.0918. The molecule has 0 heterocycles. The highest BCUT2D eigenvalue weighted by Crippen LogP contribution is 2.05. The maximum absolute atomic E-state index is 9.36. The molecule has 80 valence electrons. The average Bonchev–Trinajstić information content (AvgIpc) is 2.11. The molecule has 0 rings (SSSR count). The number of nitrogens with zero attached hydrogens (tertiary/aromatic N) is 1. The summed E-state index contributed by atoms with van der Waals surface area (Å²) in [6.45, 7) is 10.9. The highest BCUT2D eigenvalue weighted by atomic mass is 16.3. The van der Waals surface area contributed by atoms with Crippen molar-refractivity contribution in [3.63, 3.8) is 0 Å². The zero-order valence-corrected chi connectivity index (χ0v) is 9.58. The Bertz CT molecular complexity index is 115. The summed E-state index contributed by atoms with van der Waals surface area (Å²) in [5.74, 6) is 0. The molecule has 1 N–H and O–H groups in total. The van der Waals surface area contributed by atoms with Crippen molar-refractivity contribution in [3.8, 4) is 0 Å². The number of rotatable bonds is 7. The fourth-order valence-corrected chi connectivity index (χ4v) is 1.52. The second-order valence-corrected chi connectivity index (χ2v) is 3.93. The van der Waals surface area contributed by atoms with Gasteiger partial charge in [-0.1, -0.05) is 13.8 Å². The molecular formula is C11H25NO. The molecule has 0 aliphatic heterocycles. The van der Waals surface area contributed by atoms with Gasteiger partial charge in [0.05, 0.1) is 6.10 Å². The molecule has 0 bridgehead atoms. The fourth-order valence-electron chi connectivity index (χ4n) is 1.52. The van der Waals surface area contributed by atoms with E-state index in [0.717, 1.165) is 32.4 Å². The topological polar surface area (TPSA) is 23.5 Å². The van der Waals surface area contributed by atoms with E-state index in [2.05, 4.69) is 25.7 Å². The molecule has 2 heteroatoms. The van der Waals surface area contributed by atoms with Crippen LogP contribution in [0.3, 0.4) is 0 Å². The maximum Gasteiger partial charge on any atom is 0.0538 e. The SMILES string of the molecule is CCC(O)CCCN(CC)C(C)C. The summed E-state index contributed by atoms with van der Waals surface area (Å²) < 4.78 is 0. The molecule has 0 aromatic heterocycles. The van der Waals surface area contributed by atoms with E-state index in [0.29, 0.717) is 6.04 Å². The van der Waals surface area contributed by atoms with Crippen molar-refractivity contribution in [2.45, 2.75) is 59.1 Å². The summed E-state index contributed by atoms with van der Waals surface area (Å²) in [5, 5.41) is 9.36. The first-order chi connectivity index (χ1) is 6.11. The zero-order chi connectivity index (χ0) is 10.3. The molecule has 0 aromatic rings. The molecule has 1 atom stereocenters. The Morgan fingerprint density at radius 1 is 1.23 bits per heavy atom. The van der Waals surface area contributed by atoms with Crippen LogP contribution in [0.15, 0.2) is 0 Å². The van der Waals surface area contributed by atoms with Crippen molar-refractivity contribution in [2.75, 3.05) is 13.1 Å². The molecular weight excluding hydrogens is 162 g/mol. The van der Waals surface area contributed by atoms with Crippen LogP contribution >= 0.6 is 0 Å². The van der Waals surface area contributed by atoms with Crippen LogP contribution in [-0.2, 0) is 0 Å². The van der Waals surface area contributed by atoms with Crippen molar-refractivity contribution in [1.29, 1.82) is 0 Å². The Balaban J connectivity index is 3.49. The smallest absolute Gasteiger partial charge is 0.0538 e. The molecule has 1 unspecified atom stereocenters. The Morgan fingerprint density at radius 2 is 1.85 bits per heavy atom. The van der Waals surface area contributed by atoms with Gasteiger partial charge in [-0.15, -0.1) is 0 Å². The van der Waals surface area contributed by atoms with Gasteiger partial charge in [0.15, 0.2) is 0 Å². The van der Waals surface area contributed by atoms with E-state index in [1.165, 1.54) is 0 Å². The maximum atomic E-state index is 9.36. The van der Waals surface area contributed by atoms with E-state index in [-0.39, 0.29) is 6.10 Å². The molecule has 13 heavy (non-hydrogen) atoms. The van der Waals surface area contributed by atoms with Gasteiger partial charge in [-0.3, -0.25) is 0 Å². The fraction of sp³-hybridized carbons (Fsp3) is 1.00. The van der Waals surface area contributed by atoms with Crippen molar-refractivity contribution < 1.29 is 5.11 Å². The van der Waals surface area contributed by atoms with Gasteiger partial charge < -0.3 is 10.0 Å². The minimum Gasteiger partial charge on any atom is -0.393 e. The summed E-state index contributed by atoms with van der Waals surface area (Å²) in [6, 6.07) is 0.628. The van der Waals surface area contributed by atoms with E-state index in [9.17, 15) is 5.11 Å². The Hall–Kier alpha value is -0.0800. The predicted octanol–water partition coefficient (Wildman–Crippen LogP) is 2.27. The highest BCUT2D eigenvalue weighted by molar-refractivity contribution is 4.62. The van der Waals surface area contributed by atoms with Gasteiger partial charge in [-0.05, 0) is 46.2 Å². The van der Waals surface area contributed by atoms with Crippen LogP contribution in [0, 0.1) is 0 Å². The van der Waals surface area contributed by atoms with Gasteiger partial charge in [0.1, 0.15) is 0 Å². The molecule has 0 aliphatic rings. The predicted molar refractivity (Wildman–Crippen MR) is 57.9 cm³/mol. The lowest BCUT2D eigenvalue weighted by molar-refractivity contribution is 0.145. The lowest BCUT2D eigenvalue weighted by Crippen LogP contribution is -2.31. The van der Waals surface area contributed by atoms with Crippen LogP contribution < -0.4 is 0 Å². The van der Waals surface area contributed by atoms with E-state index < -0.39 is 0 Å². The van der Waals surface area contributed by atoms with Crippen molar-refractivity contribution in [3.05, 3.63) is 0 Å². The van der Waals surface area contributed by atoms with Gasteiger partial charge >= 0.3 is 0 Å². The Morgan fingerprint density at radius 3 is 2.23 bits per heavy atom. The summed E-state index contributed by atoms with van der Waals surface area (Å²) in [6.07, 6.45) is 2.85. The molecule has 0 radical (unpaired) electrons. The Labute approximate surface area is 82.9 Å². The first-order valence-electron chi connectivity index (χ1n) is 5.53. The van der Waals surface area contributed by atoms with Gasteiger partial charge in [-0.2, -0.15) is 0 Å². The van der Waals surface area contributed by atoms with Gasteiger partial charge in [0, 0.05) is 6.04 Å². The van der Waals surface area contributed by atoms with Crippen molar-refractivity contribution in [1.82, 2.24) is 4.90 Å². The minimum absolute atomic E-state index is 0.0918. The lowest BCUT2D eigenvalue weighted by atomic mass is 10.1. The number of hydrogen-bond acceptors (Lipinski definition) is 2. The van der Waals surface area contributed by atoms with Crippen LogP contribution in [0.25, 0.3) is 0 Å². The largest absolute Gasteiger partial charge is 0.393 e. The van der Waals surface area contributed by atoms with Crippen molar-refractivity contribution in [2.24, 2.45) is 0 Å². The summed E-state index contributed by atoms with van der Waals surface area (Å²) in [4.78, 5) is 2.43. The van der Waals surface area contributed by atoms with Crippen LogP contribution in [0.4, 0.5) is 0 Å². The van der Waals surface area contributed by atoms with E-state index in [1.54, 1.807) is 0 Å². The summed E-state index contributed by atoms with van der Waals surface area (Å²) in [7, 11) is 0. The lowest BCUT2D eigenvalue weighted by Gasteiger charge is -2.24. The first-order valence-corrected chi connectivity index (χ1v) is 5.53. The second kappa shape index (κ2) is 7.34. The summed E-state index contributed by atoms with van der Waals surface area (Å²) >= 11 is 0. The average molecular weight is 187 g/mol. The first kappa shape index (κ1) is 12.9. The van der Waals surface area contributed by atoms with Crippen LogP contribution in [0.5, 0.6) is 0 Å². The third-order valence-electron chi connectivity index (χ3n) is 2.59. The third kappa shape index (κ3) is 6.05. The molecule has 0 fully saturated rings.